The van der Waals surface area contributed by atoms with Gasteiger partial charge in [0.15, 0.2) is 5.65 Å². The van der Waals surface area contributed by atoms with E-state index in [1.807, 2.05) is 74.5 Å². The largest absolute Gasteiger partial charge is 0.289 e. The van der Waals surface area contributed by atoms with E-state index in [1.165, 1.54) is 0 Å². The van der Waals surface area contributed by atoms with E-state index in [-0.39, 0.29) is 11.9 Å². The monoisotopic (exact) mass is 423 g/mol. The fourth-order valence-electron chi connectivity index (χ4n) is 3.65. The third kappa shape index (κ3) is 3.51. The maximum Gasteiger partial charge on any atom is 0.258 e. The molecule has 0 fully saturated rings. The highest BCUT2D eigenvalue weighted by Gasteiger charge is 2.19. The molecule has 5 rings (SSSR count). The van der Waals surface area contributed by atoms with Gasteiger partial charge in [0.2, 0.25) is 5.95 Å². The van der Waals surface area contributed by atoms with E-state index in [4.69, 9.17) is 4.98 Å². The molecule has 158 valence electrons. The van der Waals surface area contributed by atoms with Gasteiger partial charge in [-0.2, -0.15) is 10.1 Å². The van der Waals surface area contributed by atoms with Gasteiger partial charge in [-0.3, -0.25) is 10.1 Å². The Morgan fingerprint density at radius 3 is 2.44 bits per heavy atom. The predicted molar refractivity (Wildman–Crippen MR) is 123 cm³/mol. The molecule has 0 saturated heterocycles. The molecule has 0 radical (unpaired) electrons. The molecule has 32 heavy (non-hydrogen) atoms. The van der Waals surface area contributed by atoms with Crippen LogP contribution in [0.25, 0.3) is 28.0 Å². The van der Waals surface area contributed by atoms with Crippen molar-refractivity contribution in [3.63, 3.8) is 0 Å². The molecule has 0 saturated carbocycles. The Bertz CT molecular complexity index is 1400. The highest BCUT2D eigenvalue weighted by atomic mass is 16.1. The van der Waals surface area contributed by atoms with Gasteiger partial charge in [-0.05, 0) is 32.0 Å². The van der Waals surface area contributed by atoms with Crippen LogP contribution in [-0.2, 0) is 6.54 Å². The first-order chi connectivity index (χ1) is 15.6. The summed E-state index contributed by atoms with van der Waals surface area (Å²) in [5.74, 6) is 0.607. The lowest BCUT2D eigenvalue weighted by Crippen LogP contribution is -2.14. The second kappa shape index (κ2) is 8.07. The number of rotatable bonds is 5. The van der Waals surface area contributed by atoms with Crippen LogP contribution in [0.3, 0.4) is 0 Å². The minimum atomic E-state index is -0.310. The first-order valence-corrected chi connectivity index (χ1v) is 10.4. The molecule has 0 aliphatic heterocycles. The number of hydrogen-bond acceptors (Lipinski definition) is 5. The summed E-state index contributed by atoms with van der Waals surface area (Å²) in [6.07, 6.45) is 1.68. The van der Waals surface area contributed by atoms with Crippen LogP contribution in [0, 0.1) is 6.92 Å². The van der Waals surface area contributed by atoms with Gasteiger partial charge < -0.3 is 0 Å². The van der Waals surface area contributed by atoms with Gasteiger partial charge in [0, 0.05) is 12.1 Å². The Morgan fingerprint density at radius 1 is 1.00 bits per heavy atom. The zero-order chi connectivity index (χ0) is 22.1. The van der Waals surface area contributed by atoms with Gasteiger partial charge in [-0.15, -0.1) is 5.10 Å². The van der Waals surface area contributed by atoms with Crippen molar-refractivity contribution in [1.29, 1.82) is 0 Å². The predicted octanol–water partition coefficient (Wildman–Crippen LogP) is 4.26. The molecular weight excluding hydrogens is 402 g/mol. The summed E-state index contributed by atoms with van der Waals surface area (Å²) in [6, 6.07) is 21.2. The average molecular weight is 423 g/mol. The van der Waals surface area contributed by atoms with E-state index in [0.717, 1.165) is 11.3 Å². The first-order valence-electron chi connectivity index (χ1n) is 10.4. The molecule has 1 amide bonds. The van der Waals surface area contributed by atoms with Crippen molar-refractivity contribution in [3.8, 4) is 16.9 Å². The minimum absolute atomic E-state index is 0.241. The molecule has 1 N–H and O–H groups in total. The van der Waals surface area contributed by atoms with E-state index in [2.05, 4.69) is 20.5 Å². The minimum Gasteiger partial charge on any atom is -0.289 e. The molecule has 2 aromatic carbocycles. The van der Waals surface area contributed by atoms with Crippen molar-refractivity contribution in [2.24, 2.45) is 0 Å². The van der Waals surface area contributed by atoms with Crippen molar-refractivity contribution < 1.29 is 4.79 Å². The van der Waals surface area contributed by atoms with Crippen molar-refractivity contribution in [2.45, 2.75) is 20.4 Å². The highest BCUT2D eigenvalue weighted by molar-refractivity contribution is 6.12. The van der Waals surface area contributed by atoms with Gasteiger partial charge in [0.05, 0.1) is 28.5 Å². The van der Waals surface area contributed by atoms with Gasteiger partial charge in [0.25, 0.3) is 5.91 Å². The number of benzene rings is 2. The zero-order valence-corrected chi connectivity index (χ0v) is 17.7. The molecule has 0 unspecified atom stereocenters. The van der Waals surface area contributed by atoms with Crippen molar-refractivity contribution in [3.05, 3.63) is 84.3 Å². The summed E-state index contributed by atoms with van der Waals surface area (Å²) < 4.78 is 3.48. The topological polar surface area (TPSA) is 90.5 Å². The van der Waals surface area contributed by atoms with Gasteiger partial charge in [-0.1, -0.05) is 48.5 Å². The molecule has 3 aromatic heterocycles. The summed E-state index contributed by atoms with van der Waals surface area (Å²) >= 11 is 0. The molecule has 8 heteroatoms. The fourth-order valence-corrected chi connectivity index (χ4v) is 3.65. The smallest absolute Gasteiger partial charge is 0.258 e. The van der Waals surface area contributed by atoms with E-state index < -0.39 is 0 Å². The summed E-state index contributed by atoms with van der Waals surface area (Å²) in [7, 11) is 0. The van der Waals surface area contributed by atoms with E-state index in [0.29, 0.717) is 34.7 Å². The van der Waals surface area contributed by atoms with Gasteiger partial charge in [-0.25, -0.2) is 14.3 Å². The lowest BCUT2D eigenvalue weighted by Gasteiger charge is -2.08. The van der Waals surface area contributed by atoms with E-state index in [9.17, 15) is 4.79 Å². The van der Waals surface area contributed by atoms with Crippen molar-refractivity contribution >= 4 is 22.9 Å². The Morgan fingerprint density at radius 2 is 1.72 bits per heavy atom. The summed E-state index contributed by atoms with van der Waals surface area (Å²) in [6.45, 7) is 4.49. The maximum absolute atomic E-state index is 13.3. The third-order valence-electron chi connectivity index (χ3n) is 5.22. The number of nitrogens with zero attached hydrogens (tertiary/aromatic N) is 6. The normalized spacial score (nSPS) is 11.1. The fraction of sp³-hybridized carbons (Fsp3) is 0.125. The molecule has 0 aliphatic rings. The number of pyridine rings is 1. The van der Waals surface area contributed by atoms with Crippen LogP contribution in [0.15, 0.2) is 72.9 Å². The molecule has 3 heterocycles. The third-order valence-corrected chi connectivity index (χ3v) is 5.22. The molecule has 0 bridgehead atoms. The Hall–Kier alpha value is -4.33. The highest BCUT2D eigenvalue weighted by Crippen LogP contribution is 2.25. The van der Waals surface area contributed by atoms with Crippen LogP contribution >= 0.6 is 0 Å². The standard InChI is InChI=1S/C24H21N7O/c1-3-30-22-20(15-25-30)19(14-21(27-22)17-10-6-4-7-11-17)23(32)28-24-26-16(2)31(29-24)18-12-8-5-9-13-18/h4-15H,3H2,1-2H3,(H,28,29,32). The molecule has 5 aromatic rings. The molecular formula is C24H21N7O. The maximum atomic E-state index is 13.3. The Balaban J connectivity index is 1.54. The van der Waals surface area contributed by atoms with Crippen molar-refractivity contribution in [2.75, 3.05) is 5.32 Å². The lowest BCUT2D eigenvalue weighted by molar-refractivity contribution is 0.102. The number of fused-ring (bicyclic) bond motifs is 1. The van der Waals surface area contributed by atoms with E-state index >= 15 is 0 Å². The quantitative estimate of drug-likeness (QED) is 0.456. The van der Waals surface area contributed by atoms with E-state index in [1.54, 1.807) is 21.6 Å². The SMILES string of the molecule is CCn1ncc2c(C(=O)Nc3nc(C)n(-c4ccccc4)n3)cc(-c3ccccc3)nc21. The second-order valence-corrected chi connectivity index (χ2v) is 7.30. The summed E-state index contributed by atoms with van der Waals surface area (Å²) in [4.78, 5) is 22.5. The number of anilines is 1. The lowest BCUT2D eigenvalue weighted by atomic mass is 10.1. The Labute approximate surface area is 184 Å². The van der Waals surface area contributed by atoms with Gasteiger partial charge in [0.1, 0.15) is 5.82 Å². The number of nitrogens with one attached hydrogen (secondary N) is 1. The van der Waals surface area contributed by atoms with Crippen LogP contribution in [0.5, 0.6) is 0 Å². The summed E-state index contributed by atoms with van der Waals surface area (Å²) in [5.41, 5.74) is 3.65. The molecule has 0 spiro atoms. The number of aromatic nitrogens is 6. The zero-order valence-electron chi connectivity index (χ0n) is 17.7. The number of carbonyl (C=O) groups is 1. The van der Waals surface area contributed by atoms with Gasteiger partial charge >= 0.3 is 0 Å². The molecule has 8 nitrogen and oxygen atoms in total. The number of amides is 1. The van der Waals surface area contributed by atoms with Crippen LogP contribution in [0.2, 0.25) is 0 Å². The van der Waals surface area contributed by atoms with Crippen molar-refractivity contribution in [1.82, 2.24) is 29.5 Å². The Kier molecular flexibility index (Phi) is 4.95. The van der Waals surface area contributed by atoms with Crippen LogP contribution in [0.4, 0.5) is 5.95 Å². The van der Waals surface area contributed by atoms with Crippen LogP contribution in [0.1, 0.15) is 23.1 Å². The number of aryl methyl sites for hydroxylation is 2. The summed E-state index contributed by atoms with van der Waals surface area (Å²) in [5, 5.41) is 12.4. The number of carbonyl (C=O) groups excluding carboxylic acids is 1. The number of para-hydroxylation sites is 1. The average Bonchev–Trinajstić information content (AvgIpc) is 3.42. The molecule has 0 atom stereocenters. The first kappa shape index (κ1) is 19.6. The van der Waals surface area contributed by atoms with Crippen LogP contribution < -0.4 is 5.32 Å². The van der Waals surface area contributed by atoms with Crippen LogP contribution in [-0.4, -0.2) is 35.4 Å². The second-order valence-electron chi connectivity index (χ2n) is 7.30. The number of hydrogen-bond donors (Lipinski definition) is 1. The molecule has 0 aliphatic carbocycles.